The largest absolute Gasteiger partial charge is 0.464 e. The van der Waals surface area contributed by atoms with Crippen LogP contribution in [0.4, 0.5) is 0 Å². The van der Waals surface area contributed by atoms with Crippen LogP contribution in [0.2, 0.25) is 0 Å². The average Bonchev–Trinajstić information content (AvgIpc) is 3.17. The number of carbonyl (C=O) groups is 1. The second-order valence-corrected chi connectivity index (χ2v) is 6.46. The van der Waals surface area contributed by atoms with Gasteiger partial charge in [0.2, 0.25) is 11.8 Å². The van der Waals surface area contributed by atoms with Gasteiger partial charge in [0, 0.05) is 0 Å². The molecule has 3 aromatic rings. The number of carbonyl (C=O) groups excluding carboxylic acids is 1. The Hall–Kier alpha value is -4.56. The van der Waals surface area contributed by atoms with Gasteiger partial charge in [-0.05, 0) is 29.8 Å². The Kier molecular flexibility index (Phi) is 4.67. The maximum atomic E-state index is 12.6. The number of benzene rings is 2. The summed E-state index contributed by atoms with van der Waals surface area (Å²) in [7, 11) is 1.26. The minimum absolute atomic E-state index is 0.0194. The molecule has 2 aromatic carbocycles. The van der Waals surface area contributed by atoms with Gasteiger partial charge in [-0.2, -0.15) is 20.3 Å². The molecule has 1 aromatic heterocycles. The van der Waals surface area contributed by atoms with Crippen molar-refractivity contribution in [2.24, 2.45) is 5.73 Å². The second-order valence-electron chi connectivity index (χ2n) is 6.46. The van der Waals surface area contributed by atoms with E-state index in [0.29, 0.717) is 22.4 Å². The number of esters is 1. The number of allylic oxidation sites excluding steroid dienone is 1. The fourth-order valence-corrected chi connectivity index (χ4v) is 3.41. The van der Waals surface area contributed by atoms with Crippen molar-refractivity contribution in [3.8, 4) is 23.7 Å². The van der Waals surface area contributed by atoms with Gasteiger partial charge < -0.3 is 15.2 Å². The number of hydrogen-bond acceptors (Lipinski definition) is 7. The van der Waals surface area contributed by atoms with Crippen LogP contribution in [-0.4, -0.2) is 22.9 Å². The molecule has 1 unspecified atom stereocenters. The third-order valence-corrected chi connectivity index (χ3v) is 4.80. The fraction of sp³-hybridized carbons (Fsp3) is 0.0909. The average molecular weight is 397 g/mol. The van der Waals surface area contributed by atoms with Gasteiger partial charge in [0.05, 0.1) is 35.9 Å². The van der Waals surface area contributed by atoms with E-state index < -0.39 is 11.9 Å². The summed E-state index contributed by atoms with van der Waals surface area (Å²) in [5, 5.41) is 23.3. The highest BCUT2D eigenvalue weighted by Gasteiger charge is 2.39. The van der Waals surface area contributed by atoms with Crippen molar-refractivity contribution in [1.82, 2.24) is 9.78 Å². The van der Waals surface area contributed by atoms with Gasteiger partial charge in [0.15, 0.2) is 5.69 Å². The molecular weight excluding hydrogens is 382 g/mol. The molecule has 1 atom stereocenters. The van der Waals surface area contributed by atoms with Gasteiger partial charge in [0.1, 0.15) is 11.6 Å². The highest BCUT2D eigenvalue weighted by molar-refractivity contribution is 5.91. The molecule has 0 saturated carbocycles. The lowest BCUT2D eigenvalue weighted by Crippen LogP contribution is -2.23. The zero-order valence-electron chi connectivity index (χ0n) is 15.9. The van der Waals surface area contributed by atoms with Crippen molar-refractivity contribution >= 4 is 5.97 Å². The molecule has 0 bridgehead atoms. The standard InChI is InChI=1S/C22H15N5O3/c1-29-22(28)19-18-17(14-9-7-13(11-23)8-10-14)16(12-24)20(25)30-21(18)27(26-19)15-5-3-2-4-6-15/h2-10,17H,25H2,1H3. The number of fused-ring (bicyclic) bond motifs is 1. The molecule has 2 N–H and O–H groups in total. The number of nitrogens with two attached hydrogens (primary N) is 1. The van der Waals surface area contributed by atoms with Crippen molar-refractivity contribution in [3.05, 3.63) is 88.4 Å². The highest BCUT2D eigenvalue weighted by Crippen LogP contribution is 2.45. The lowest BCUT2D eigenvalue weighted by molar-refractivity contribution is 0.0592. The predicted octanol–water partition coefficient (Wildman–Crippen LogP) is 2.75. The van der Waals surface area contributed by atoms with Crippen LogP contribution in [0, 0.1) is 22.7 Å². The number of methoxy groups -OCH3 is 1. The first-order valence-corrected chi connectivity index (χ1v) is 8.93. The number of aromatic nitrogens is 2. The lowest BCUT2D eigenvalue weighted by Gasteiger charge is -2.24. The molecule has 8 nitrogen and oxygen atoms in total. The van der Waals surface area contributed by atoms with Crippen LogP contribution < -0.4 is 10.5 Å². The number of nitriles is 2. The van der Waals surface area contributed by atoms with Crippen LogP contribution in [0.1, 0.15) is 33.1 Å². The van der Waals surface area contributed by atoms with Gasteiger partial charge in [0.25, 0.3) is 0 Å². The van der Waals surface area contributed by atoms with Crippen LogP contribution >= 0.6 is 0 Å². The maximum absolute atomic E-state index is 12.6. The summed E-state index contributed by atoms with van der Waals surface area (Å²) in [6.07, 6.45) is 0. The summed E-state index contributed by atoms with van der Waals surface area (Å²) in [5.74, 6) is -1.22. The molecule has 30 heavy (non-hydrogen) atoms. The Morgan fingerprint density at radius 1 is 1.13 bits per heavy atom. The maximum Gasteiger partial charge on any atom is 0.359 e. The number of para-hydroxylation sites is 1. The third-order valence-electron chi connectivity index (χ3n) is 4.80. The van der Waals surface area contributed by atoms with Crippen LogP contribution in [0.3, 0.4) is 0 Å². The topological polar surface area (TPSA) is 127 Å². The quantitative estimate of drug-likeness (QED) is 0.673. The van der Waals surface area contributed by atoms with E-state index in [4.69, 9.17) is 20.5 Å². The van der Waals surface area contributed by atoms with Crippen LogP contribution in [-0.2, 0) is 4.74 Å². The number of ether oxygens (including phenoxy) is 2. The van der Waals surface area contributed by atoms with Crippen LogP contribution in [0.5, 0.6) is 5.88 Å². The van der Waals surface area contributed by atoms with E-state index in [1.807, 2.05) is 18.2 Å². The Labute approximate surface area is 172 Å². The van der Waals surface area contributed by atoms with E-state index in [1.165, 1.54) is 11.8 Å². The van der Waals surface area contributed by atoms with Crippen LogP contribution in [0.15, 0.2) is 66.1 Å². The molecule has 0 aliphatic carbocycles. The molecule has 4 rings (SSSR count). The Balaban J connectivity index is 2.01. The van der Waals surface area contributed by atoms with E-state index in [-0.39, 0.29) is 23.0 Å². The fourth-order valence-electron chi connectivity index (χ4n) is 3.41. The summed E-state index contributed by atoms with van der Waals surface area (Å²) in [6.45, 7) is 0. The Bertz CT molecular complexity index is 1240. The molecule has 146 valence electrons. The highest BCUT2D eigenvalue weighted by atomic mass is 16.5. The summed E-state index contributed by atoms with van der Waals surface area (Å²) in [6, 6.07) is 19.9. The second kappa shape index (κ2) is 7.46. The molecule has 8 heteroatoms. The molecule has 0 fully saturated rings. The SMILES string of the molecule is COC(=O)c1nn(-c2ccccc2)c2c1C(c1ccc(C#N)cc1)C(C#N)=C(N)O2. The summed E-state index contributed by atoms with van der Waals surface area (Å²) in [4.78, 5) is 12.6. The smallest absolute Gasteiger partial charge is 0.359 e. The molecule has 2 heterocycles. The molecule has 0 saturated heterocycles. The van der Waals surface area contributed by atoms with Gasteiger partial charge in [-0.15, -0.1) is 0 Å². The van der Waals surface area contributed by atoms with Gasteiger partial charge in [-0.3, -0.25) is 0 Å². The van der Waals surface area contributed by atoms with E-state index in [0.717, 1.165) is 0 Å². The van der Waals surface area contributed by atoms with Crippen molar-refractivity contribution in [2.45, 2.75) is 5.92 Å². The number of nitrogens with zero attached hydrogens (tertiary/aromatic N) is 4. The molecule has 0 radical (unpaired) electrons. The summed E-state index contributed by atoms with van der Waals surface area (Å²) >= 11 is 0. The summed E-state index contributed by atoms with van der Waals surface area (Å²) < 4.78 is 12.2. The van der Waals surface area contributed by atoms with Crippen molar-refractivity contribution in [3.63, 3.8) is 0 Å². The first-order chi connectivity index (χ1) is 14.6. The third kappa shape index (κ3) is 2.93. The van der Waals surface area contributed by atoms with E-state index in [2.05, 4.69) is 17.2 Å². The van der Waals surface area contributed by atoms with Gasteiger partial charge in [-0.25, -0.2) is 4.79 Å². The first kappa shape index (κ1) is 18.8. The molecule has 0 amide bonds. The summed E-state index contributed by atoms with van der Waals surface area (Å²) in [5.41, 5.74) is 8.40. The molecular formula is C22H15N5O3. The molecule has 0 spiro atoms. The van der Waals surface area contributed by atoms with E-state index >= 15 is 0 Å². The van der Waals surface area contributed by atoms with Gasteiger partial charge >= 0.3 is 5.97 Å². The van der Waals surface area contributed by atoms with E-state index in [9.17, 15) is 10.1 Å². The number of rotatable bonds is 3. The zero-order valence-corrected chi connectivity index (χ0v) is 15.9. The lowest BCUT2D eigenvalue weighted by atomic mass is 9.83. The Morgan fingerprint density at radius 3 is 2.43 bits per heavy atom. The van der Waals surface area contributed by atoms with Crippen LogP contribution in [0.25, 0.3) is 5.69 Å². The van der Waals surface area contributed by atoms with Crippen molar-refractivity contribution in [1.29, 1.82) is 10.5 Å². The Morgan fingerprint density at radius 2 is 1.83 bits per heavy atom. The van der Waals surface area contributed by atoms with Crippen molar-refractivity contribution in [2.75, 3.05) is 7.11 Å². The zero-order chi connectivity index (χ0) is 21.3. The predicted molar refractivity (Wildman–Crippen MR) is 105 cm³/mol. The monoisotopic (exact) mass is 397 g/mol. The minimum Gasteiger partial charge on any atom is -0.464 e. The minimum atomic E-state index is -0.710. The molecule has 1 aliphatic heterocycles. The number of hydrogen-bond donors (Lipinski definition) is 1. The first-order valence-electron chi connectivity index (χ1n) is 8.93. The normalized spacial score (nSPS) is 14.8. The van der Waals surface area contributed by atoms with Crippen molar-refractivity contribution < 1.29 is 14.3 Å². The molecule has 1 aliphatic rings. The van der Waals surface area contributed by atoms with E-state index in [1.54, 1.807) is 36.4 Å². The van der Waals surface area contributed by atoms with Gasteiger partial charge in [-0.1, -0.05) is 30.3 Å².